The summed E-state index contributed by atoms with van der Waals surface area (Å²) in [6, 6.07) is 1.90. The largest absolute Gasteiger partial charge is 0.326 e. The van der Waals surface area contributed by atoms with E-state index in [1.807, 2.05) is 6.92 Å². The topological polar surface area (TPSA) is 49.8 Å². The predicted molar refractivity (Wildman–Crippen MR) is 41.3 cm³/mol. The standard InChI is InChI=1S/C6H12N2S/c1-3-6(9,4-7)5(2)8/h5,9H,3,8H2,1-2H3. The Morgan fingerprint density at radius 1 is 1.89 bits per heavy atom. The SMILES string of the molecule is CCC(S)(C#N)C(C)N. The minimum atomic E-state index is -0.639. The molecule has 0 fully saturated rings. The van der Waals surface area contributed by atoms with Crippen molar-refractivity contribution in [3.05, 3.63) is 0 Å². The molecule has 2 atom stereocenters. The van der Waals surface area contributed by atoms with Crippen molar-refractivity contribution in [1.29, 1.82) is 5.26 Å². The van der Waals surface area contributed by atoms with Crippen molar-refractivity contribution in [1.82, 2.24) is 0 Å². The molecule has 0 spiro atoms. The molecule has 0 aliphatic carbocycles. The lowest BCUT2D eigenvalue weighted by molar-refractivity contribution is 0.581. The number of hydrogen-bond donors (Lipinski definition) is 2. The molecule has 9 heavy (non-hydrogen) atoms. The highest BCUT2D eigenvalue weighted by Gasteiger charge is 2.27. The van der Waals surface area contributed by atoms with Gasteiger partial charge in [-0.2, -0.15) is 17.9 Å². The Labute approximate surface area is 61.5 Å². The lowest BCUT2D eigenvalue weighted by Gasteiger charge is -2.22. The van der Waals surface area contributed by atoms with E-state index in [2.05, 4.69) is 18.7 Å². The van der Waals surface area contributed by atoms with E-state index in [9.17, 15) is 0 Å². The van der Waals surface area contributed by atoms with Crippen molar-refractivity contribution in [2.75, 3.05) is 0 Å². The van der Waals surface area contributed by atoms with Crippen LogP contribution < -0.4 is 5.73 Å². The van der Waals surface area contributed by atoms with E-state index in [1.54, 1.807) is 6.92 Å². The second-order valence-electron chi connectivity index (χ2n) is 2.18. The maximum absolute atomic E-state index is 8.55. The van der Waals surface area contributed by atoms with Crippen LogP contribution in [-0.4, -0.2) is 10.8 Å². The van der Waals surface area contributed by atoms with Crippen LogP contribution in [0.25, 0.3) is 0 Å². The smallest absolute Gasteiger partial charge is 0.114 e. The number of hydrogen-bond acceptors (Lipinski definition) is 3. The zero-order valence-electron chi connectivity index (χ0n) is 5.76. The molecule has 0 heterocycles. The van der Waals surface area contributed by atoms with Crippen LogP contribution >= 0.6 is 12.6 Å². The fraction of sp³-hybridized carbons (Fsp3) is 0.833. The third kappa shape index (κ3) is 1.88. The van der Waals surface area contributed by atoms with Crippen LogP contribution in [0.4, 0.5) is 0 Å². The molecule has 0 aliphatic heterocycles. The summed E-state index contributed by atoms with van der Waals surface area (Å²) >= 11 is 4.13. The number of nitrogens with zero attached hydrogens (tertiary/aromatic N) is 1. The predicted octanol–water partition coefficient (Wildman–Crippen LogP) is 0.936. The molecule has 0 aromatic rings. The van der Waals surface area contributed by atoms with Crippen molar-refractivity contribution in [2.45, 2.75) is 31.1 Å². The van der Waals surface area contributed by atoms with Crippen molar-refractivity contribution in [3.8, 4) is 6.07 Å². The van der Waals surface area contributed by atoms with E-state index in [-0.39, 0.29) is 6.04 Å². The van der Waals surface area contributed by atoms with Crippen LogP contribution in [0.1, 0.15) is 20.3 Å². The van der Waals surface area contributed by atoms with Gasteiger partial charge in [0.2, 0.25) is 0 Å². The van der Waals surface area contributed by atoms with Crippen molar-refractivity contribution >= 4 is 12.6 Å². The fourth-order valence-electron chi connectivity index (χ4n) is 0.503. The normalized spacial score (nSPS) is 19.9. The average Bonchev–Trinajstić information content (AvgIpc) is 1.86. The van der Waals surface area contributed by atoms with Gasteiger partial charge < -0.3 is 5.73 Å². The van der Waals surface area contributed by atoms with E-state index in [0.29, 0.717) is 6.42 Å². The number of nitriles is 1. The Morgan fingerprint density at radius 3 is 2.33 bits per heavy atom. The monoisotopic (exact) mass is 144 g/mol. The molecule has 0 bridgehead atoms. The molecule has 2 nitrogen and oxygen atoms in total. The minimum absolute atomic E-state index is 0.171. The Morgan fingerprint density at radius 2 is 2.33 bits per heavy atom. The van der Waals surface area contributed by atoms with Crippen LogP contribution in [0, 0.1) is 11.3 Å². The van der Waals surface area contributed by atoms with Crippen LogP contribution in [0.2, 0.25) is 0 Å². The van der Waals surface area contributed by atoms with Gasteiger partial charge in [0.05, 0.1) is 6.07 Å². The first-order valence-corrected chi connectivity index (χ1v) is 3.40. The van der Waals surface area contributed by atoms with E-state index in [0.717, 1.165) is 0 Å². The van der Waals surface area contributed by atoms with Gasteiger partial charge in [0.25, 0.3) is 0 Å². The molecule has 3 heteroatoms. The van der Waals surface area contributed by atoms with Gasteiger partial charge in [-0.15, -0.1) is 0 Å². The zero-order valence-corrected chi connectivity index (χ0v) is 6.65. The van der Waals surface area contributed by atoms with Crippen molar-refractivity contribution < 1.29 is 0 Å². The molecule has 2 N–H and O–H groups in total. The van der Waals surface area contributed by atoms with Gasteiger partial charge in [-0.3, -0.25) is 0 Å². The first kappa shape index (κ1) is 8.80. The molecule has 0 radical (unpaired) electrons. The van der Waals surface area contributed by atoms with Gasteiger partial charge in [0, 0.05) is 6.04 Å². The highest BCUT2D eigenvalue weighted by Crippen LogP contribution is 2.20. The molecular weight excluding hydrogens is 132 g/mol. The van der Waals surface area contributed by atoms with E-state index >= 15 is 0 Å². The Bertz CT molecular complexity index is 128. The molecule has 2 unspecified atom stereocenters. The molecule has 0 aliphatic rings. The van der Waals surface area contributed by atoms with Crippen molar-refractivity contribution in [3.63, 3.8) is 0 Å². The Balaban J connectivity index is 4.14. The summed E-state index contributed by atoms with van der Waals surface area (Å²) in [6.07, 6.45) is 0.685. The van der Waals surface area contributed by atoms with Gasteiger partial charge in [-0.1, -0.05) is 6.92 Å². The van der Waals surface area contributed by atoms with Gasteiger partial charge in [0.15, 0.2) is 0 Å². The van der Waals surface area contributed by atoms with Crippen LogP contribution in [0.3, 0.4) is 0 Å². The first-order chi connectivity index (χ1) is 4.06. The number of rotatable bonds is 2. The van der Waals surface area contributed by atoms with E-state index in [4.69, 9.17) is 11.0 Å². The second kappa shape index (κ2) is 3.09. The summed E-state index contributed by atoms with van der Waals surface area (Å²) in [6.45, 7) is 3.69. The third-order valence-electron chi connectivity index (χ3n) is 1.49. The van der Waals surface area contributed by atoms with Gasteiger partial charge in [0.1, 0.15) is 4.75 Å². The van der Waals surface area contributed by atoms with Gasteiger partial charge >= 0.3 is 0 Å². The van der Waals surface area contributed by atoms with Gasteiger partial charge in [-0.25, -0.2) is 0 Å². The average molecular weight is 144 g/mol. The summed E-state index contributed by atoms with van der Waals surface area (Å²) in [4.78, 5) is 0. The fourth-order valence-corrected chi connectivity index (χ4v) is 0.503. The number of nitrogens with two attached hydrogens (primary N) is 1. The van der Waals surface area contributed by atoms with E-state index in [1.165, 1.54) is 0 Å². The summed E-state index contributed by atoms with van der Waals surface area (Å²) < 4.78 is -0.639. The molecule has 0 saturated heterocycles. The summed E-state index contributed by atoms with van der Waals surface area (Å²) in [7, 11) is 0. The molecule has 0 amide bonds. The summed E-state index contributed by atoms with van der Waals surface area (Å²) in [5.74, 6) is 0. The summed E-state index contributed by atoms with van der Waals surface area (Å²) in [5, 5.41) is 8.55. The molecule has 52 valence electrons. The zero-order chi connectivity index (χ0) is 7.49. The second-order valence-corrected chi connectivity index (χ2v) is 2.98. The lowest BCUT2D eigenvalue weighted by atomic mass is 10.00. The molecule has 0 saturated carbocycles. The quantitative estimate of drug-likeness (QED) is 0.566. The highest BCUT2D eigenvalue weighted by atomic mass is 32.1. The Hall–Kier alpha value is -0.200. The van der Waals surface area contributed by atoms with Crippen LogP contribution in [0.5, 0.6) is 0 Å². The van der Waals surface area contributed by atoms with Crippen LogP contribution in [-0.2, 0) is 0 Å². The van der Waals surface area contributed by atoms with E-state index < -0.39 is 4.75 Å². The molecular formula is C6H12N2S. The highest BCUT2D eigenvalue weighted by molar-refractivity contribution is 7.82. The Kier molecular flexibility index (Phi) is 3.02. The maximum atomic E-state index is 8.55. The molecule has 0 rings (SSSR count). The van der Waals surface area contributed by atoms with Crippen molar-refractivity contribution in [2.24, 2.45) is 5.73 Å². The van der Waals surface area contributed by atoms with Crippen LogP contribution in [0.15, 0.2) is 0 Å². The lowest BCUT2D eigenvalue weighted by Crippen LogP contribution is -2.39. The third-order valence-corrected chi connectivity index (χ3v) is 2.31. The molecule has 0 aromatic carbocycles. The minimum Gasteiger partial charge on any atom is -0.326 e. The summed E-state index contributed by atoms with van der Waals surface area (Å²) in [5.41, 5.74) is 5.49. The van der Waals surface area contributed by atoms with Gasteiger partial charge in [-0.05, 0) is 13.3 Å². The number of thiol groups is 1. The first-order valence-electron chi connectivity index (χ1n) is 2.96. The maximum Gasteiger partial charge on any atom is 0.114 e. The molecule has 0 aromatic heterocycles.